The molecule has 0 aliphatic rings. The lowest BCUT2D eigenvalue weighted by Gasteiger charge is -2.41. The van der Waals surface area contributed by atoms with E-state index < -0.39 is 75.9 Å². The standard InChI is InChI=1S/C29H26F6O4/c1-3-5-7-9-13-19-21(25(36)37)15-11-17-23(19)27(28(30,31)32,29(33,34)35)24-18-12-16-22(26(38)39)20(24)14-10-8-6-4-2/h1-2,11-12,15-18H,5-10,13-14H2,(H,36,37)(H,38,39). The van der Waals surface area contributed by atoms with Gasteiger partial charge in [0.05, 0.1) is 11.1 Å². The van der Waals surface area contributed by atoms with E-state index in [1.807, 2.05) is 0 Å². The minimum Gasteiger partial charge on any atom is -0.478 e. The highest BCUT2D eigenvalue weighted by atomic mass is 19.4. The molecule has 0 saturated heterocycles. The normalized spacial score (nSPS) is 12.0. The summed E-state index contributed by atoms with van der Waals surface area (Å²) in [5.41, 5.74) is -10.1. The van der Waals surface area contributed by atoms with Crippen LogP contribution in [0.25, 0.3) is 0 Å². The van der Waals surface area contributed by atoms with Crippen LogP contribution in [0, 0.1) is 24.7 Å². The van der Waals surface area contributed by atoms with Crippen molar-refractivity contribution in [1.82, 2.24) is 0 Å². The molecule has 0 aliphatic heterocycles. The summed E-state index contributed by atoms with van der Waals surface area (Å²) in [6.45, 7) is 0. The Morgan fingerprint density at radius 3 is 1.31 bits per heavy atom. The quantitative estimate of drug-likeness (QED) is 0.166. The zero-order valence-corrected chi connectivity index (χ0v) is 20.8. The molecule has 0 unspecified atom stereocenters. The predicted octanol–water partition coefficient (Wildman–Crippen LogP) is 7.19. The second-order valence-electron chi connectivity index (χ2n) is 8.84. The van der Waals surface area contributed by atoms with Gasteiger partial charge in [-0.2, -0.15) is 26.3 Å². The lowest BCUT2D eigenvalue weighted by atomic mass is 9.67. The number of alkyl halides is 6. The molecule has 0 radical (unpaired) electrons. The molecule has 0 saturated carbocycles. The van der Waals surface area contributed by atoms with Gasteiger partial charge < -0.3 is 10.2 Å². The molecule has 39 heavy (non-hydrogen) atoms. The molecule has 4 nitrogen and oxygen atoms in total. The summed E-state index contributed by atoms with van der Waals surface area (Å²) in [4.78, 5) is 23.9. The lowest BCUT2D eigenvalue weighted by molar-refractivity contribution is -0.289. The van der Waals surface area contributed by atoms with Crippen LogP contribution < -0.4 is 0 Å². The Morgan fingerprint density at radius 2 is 1.03 bits per heavy atom. The van der Waals surface area contributed by atoms with Crippen LogP contribution in [0.5, 0.6) is 0 Å². The van der Waals surface area contributed by atoms with Crippen LogP contribution in [-0.2, 0) is 18.3 Å². The summed E-state index contributed by atoms with van der Waals surface area (Å²) in [6.07, 6.45) is -1.64. The first kappa shape index (κ1) is 31.3. The molecule has 2 rings (SSSR count). The average Bonchev–Trinajstić information content (AvgIpc) is 2.84. The summed E-state index contributed by atoms with van der Waals surface area (Å²) < 4.78 is 90.5. The van der Waals surface area contributed by atoms with Crippen LogP contribution in [0.3, 0.4) is 0 Å². The Bertz CT molecular complexity index is 1180. The molecular weight excluding hydrogens is 526 g/mol. The van der Waals surface area contributed by atoms with Crippen LogP contribution >= 0.6 is 0 Å². The number of terminal acetylenes is 2. The van der Waals surface area contributed by atoms with Gasteiger partial charge in [0.15, 0.2) is 0 Å². The maximum absolute atomic E-state index is 15.1. The molecule has 208 valence electrons. The monoisotopic (exact) mass is 552 g/mol. The number of carboxylic acid groups (broad SMARTS) is 2. The maximum atomic E-state index is 15.1. The molecule has 0 fully saturated rings. The third-order valence-corrected chi connectivity index (χ3v) is 6.47. The Hall–Kier alpha value is -3.92. The summed E-state index contributed by atoms with van der Waals surface area (Å²) in [5.74, 6) is 1.24. The zero-order valence-electron chi connectivity index (χ0n) is 20.8. The highest BCUT2D eigenvalue weighted by molar-refractivity contribution is 5.91. The molecule has 2 N–H and O–H groups in total. The Kier molecular flexibility index (Phi) is 10.2. The van der Waals surface area contributed by atoms with Crippen molar-refractivity contribution in [2.45, 2.75) is 69.1 Å². The second kappa shape index (κ2) is 12.8. The molecule has 0 bridgehead atoms. The fourth-order valence-corrected chi connectivity index (χ4v) is 4.79. The van der Waals surface area contributed by atoms with Gasteiger partial charge in [-0.15, -0.1) is 24.7 Å². The molecule has 0 spiro atoms. The van der Waals surface area contributed by atoms with Gasteiger partial charge >= 0.3 is 24.3 Å². The number of benzene rings is 2. The number of hydrogen-bond acceptors (Lipinski definition) is 2. The molecule has 0 amide bonds. The van der Waals surface area contributed by atoms with Gasteiger partial charge in [0, 0.05) is 12.8 Å². The zero-order chi connectivity index (χ0) is 29.4. The van der Waals surface area contributed by atoms with Crippen LogP contribution in [0.2, 0.25) is 0 Å². The summed E-state index contributed by atoms with van der Waals surface area (Å²) in [6, 6.07) is 4.74. The number of unbranched alkanes of at least 4 members (excludes halogenated alkanes) is 4. The van der Waals surface area contributed by atoms with Crippen molar-refractivity contribution in [3.8, 4) is 24.7 Å². The van der Waals surface area contributed by atoms with Crippen molar-refractivity contribution in [2.24, 2.45) is 0 Å². The van der Waals surface area contributed by atoms with Gasteiger partial charge in [-0.3, -0.25) is 0 Å². The van der Waals surface area contributed by atoms with E-state index in [-0.39, 0.29) is 38.5 Å². The third-order valence-electron chi connectivity index (χ3n) is 6.47. The largest absolute Gasteiger partial charge is 0.478 e. The molecule has 0 heterocycles. The van der Waals surface area contributed by atoms with Gasteiger partial charge in [0.1, 0.15) is 0 Å². The first-order chi connectivity index (χ1) is 18.3. The number of carboxylic acids is 2. The van der Waals surface area contributed by atoms with E-state index in [4.69, 9.17) is 12.8 Å². The summed E-state index contributed by atoms with van der Waals surface area (Å²) in [5, 5.41) is 19.4. The molecule has 10 heteroatoms. The summed E-state index contributed by atoms with van der Waals surface area (Å²) >= 11 is 0. The van der Waals surface area contributed by atoms with E-state index in [0.717, 1.165) is 24.3 Å². The fraction of sp³-hybridized carbons (Fsp3) is 0.379. The van der Waals surface area contributed by atoms with E-state index in [1.165, 1.54) is 0 Å². The van der Waals surface area contributed by atoms with Crippen molar-refractivity contribution >= 4 is 11.9 Å². The van der Waals surface area contributed by atoms with Crippen molar-refractivity contribution < 1.29 is 46.1 Å². The molecule has 0 aromatic heterocycles. The van der Waals surface area contributed by atoms with Gasteiger partial charge in [0.2, 0.25) is 5.41 Å². The van der Waals surface area contributed by atoms with Crippen molar-refractivity contribution in [3.63, 3.8) is 0 Å². The van der Waals surface area contributed by atoms with Crippen LogP contribution in [0.15, 0.2) is 36.4 Å². The number of halogens is 6. The van der Waals surface area contributed by atoms with Crippen LogP contribution in [0.4, 0.5) is 26.3 Å². The fourth-order valence-electron chi connectivity index (χ4n) is 4.79. The Labute approximate surface area is 222 Å². The van der Waals surface area contributed by atoms with Gasteiger partial charge in [-0.05, 0) is 72.9 Å². The maximum Gasteiger partial charge on any atom is 0.411 e. The van der Waals surface area contributed by atoms with Gasteiger partial charge in [-0.25, -0.2) is 9.59 Å². The minimum atomic E-state index is -6.04. The molecule has 0 aliphatic carbocycles. The van der Waals surface area contributed by atoms with E-state index in [2.05, 4.69) is 11.8 Å². The van der Waals surface area contributed by atoms with Crippen molar-refractivity contribution in [3.05, 3.63) is 69.8 Å². The summed E-state index contributed by atoms with van der Waals surface area (Å²) in [7, 11) is 0. The first-order valence-electron chi connectivity index (χ1n) is 12.0. The first-order valence-corrected chi connectivity index (χ1v) is 12.0. The van der Waals surface area contributed by atoms with Crippen molar-refractivity contribution in [2.75, 3.05) is 0 Å². The van der Waals surface area contributed by atoms with Gasteiger partial charge in [-0.1, -0.05) is 24.3 Å². The molecular formula is C29H26F6O4. The number of rotatable bonds is 12. The lowest BCUT2D eigenvalue weighted by Crippen LogP contribution is -2.56. The predicted molar refractivity (Wildman–Crippen MR) is 132 cm³/mol. The second-order valence-corrected chi connectivity index (χ2v) is 8.84. The number of hydrogen-bond donors (Lipinski definition) is 2. The Morgan fingerprint density at radius 1 is 0.667 bits per heavy atom. The molecule has 2 aromatic carbocycles. The number of carbonyl (C=O) groups is 2. The minimum absolute atomic E-state index is 0.0292. The van der Waals surface area contributed by atoms with Gasteiger partial charge in [0.25, 0.3) is 0 Å². The highest BCUT2D eigenvalue weighted by Crippen LogP contribution is 2.58. The average molecular weight is 553 g/mol. The van der Waals surface area contributed by atoms with E-state index in [1.54, 1.807) is 0 Å². The van der Waals surface area contributed by atoms with Crippen LogP contribution in [-0.4, -0.2) is 34.5 Å². The van der Waals surface area contributed by atoms with Crippen LogP contribution in [0.1, 0.15) is 81.5 Å². The van der Waals surface area contributed by atoms with E-state index in [9.17, 15) is 19.8 Å². The Balaban J connectivity index is 3.07. The van der Waals surface area contributed by atoms with Crippen molar-refractivity contribution in [1.29, 1.82) is 0 Å². The van der Waals surface area contributed by atoms with E-state index >= 15 is 26.3 Å². The third kappa shape index (κ3) is 6.39. The molecule has 2 aromatic rings. The topological polar surface area (TPSA) is 74.6 Å². The van der Waals surface area contributed by atoms with E-state index in [0.29, 0.717) is 12.1 Å². The smallest absolute Gasteiger partial charge is 0.411 e. The number of aromatic carboxylic acids is 2. The highest BCUT2D eigenvalue weighted by Gasteiger charge is 2.73. The molecule has 0 atom stereocenters. The SMILES string of the molecule is C#CCCCCc1c(C(=O)O)cccc1C(c1cccc(C(=O)O)c1CCCCC#C)(C(F)(F)F)C(F)(F)F.